The normalized spacial score (nSPS) is 11.2. The fourth-order valence-corrected chi connectivity index (χ4v) is 3.23. The van der Waals surface area contributed by atoms with Crippen molar-refractivity contribution in [2.45, 2.75) is 0 Å². The first-order valence-corrected chi connectivity index (χ1v) is 9.11. The van der Waals surface area contributed by atoms with E-state index in [2.05, 4.69) is 4.98 Å². The van der Waals surface area contributed by atoms with E-state index in [0.29, 0.717) is 27.4 Å². The lowest BCUT2D eigenvalue weighted by atomic mass is 10.2. The Morgan fingerprint density at radius 2 is 1.62 bits per heavy atom. The van der Waals surface area contributed by atoms with E-state index in [9.17, 15) is 14.9 Å². The molecule has 0 bridgehead atoms. The summed E-state index contributed by atoms with van der Waals surface area (Å²) in [6, 6.07) is 20.3. The van der Waals surface area contributed by atoms with Crippen LogP contribution in [0.1, 0.15) is 11.4 Å². The van der Waals surface area contributed by atoms with Gasteiger partial charge in [0.1, 0.15) is 5.82 Å². The van der Waals surface area contributed by atoms with Crippen LogP contribution in [-0.2, 0) is 0 Å². The van der Waals surface area contributed by atoms with E-state index in [-0.39, 0.29) is 11.2 Å². The molecule has 0 aliphatic heterocycles. The highest BCUT2D eigenvalue weighted by atomic mass is 35.5. The third-order valence-electron chi connectivity index (χ3n) is 4.42. The highest BCUT2D eigenvalue weighted by Gasteiger charge is 2.13. The van der Waals surface area contributed by atoms with Crippen molar-refractivity contribution in [2.75, 3.05) is 0 Å². The van der Waals surface area contributed by atoms with Gasteiger partial charge in [-0.2, -0.15) is 0 Å². The summed E-state index contributed by atoms with van der Waals surface area (Å²) in [5.41, 5.74) is 1.62. The molecular weight excluding hydrogens is 390 g/mol. The predicted molar refractivity (Wildman–Crippen MR) is 114 cm³/mol. The Morgan fingerprint density at radius 3 is 2.34 bits per heavy atom. The number of nitrogens with zero attached hydrogens (tertiary/aromatic N) is 3. The summed E-state index contributed by atoms with van der Waals surface area (Å²) in [7, 11) is 0. The molecule has 0 saturated heterocycles. The van der Waals surface area contributed by atoms with Crippen LogP contribution in [0.5, 0.6) is 0 Å². The smallest absolute Gasteiger partial charge is 0.268 e. The third kappa shape index (κ3) is 3.66. The summed E-state index contributed by atoms with van der Waals surface area (Å²) in [5, 5.41) is 11.7. The number of nitro benzene ring substituents is 1. The van der Waals surface area contributed by atoms with Crippen LogP contribution in [0.4, 0.5) is 5.69 Å². The van der Waals surface area contributed by atoms with Gasteiger partial charge in [0.25, 0.3) is 11.2 Å². The van der Waals surface area contributed by atoms with Gasteiger partial charge in [0.05, 0.1) is 26.5 Å². The van der Waals surface area contributed by atoms with Gasteiger partial charge in [-0.3, -0.25) is 19.5 Å². The van der Waals surface area contributed by atoms with Gasteiger partial charge >= 0.3 is 0 Å². The van der Waals surface area contributed by atoms with E-state index in [4.69, 9.17) is 11.6 Å². The topological polar surface area (TPSA) is 78.0 Å². The van der Waals surface area contributed by atoms with Crippen molar-refractivity contribution in [1.29, 1.82) is 0 Å². The van der Waals surface area contributed by atoms with Crippen LogP contribution in [0.25, 0.3) is 28.7 Å². The molecule has 0 saturated carbocycles. The second kappa shape index (κ2) is 7.69. The first kappa shape index (κ1) is 18.6. The minimum absolute atomic E-state index is 0.0129. The molecular formula is C22H14ClN3O3. The number of fused-ring (bicyclic) bond motifs is 1. The lowest BCUT2D eigenvalue weighted by Crippen LogP contribution is -2.22. The number of rotatable bonds is 4. The van der Waals surface area contributed by atoms with E-state index in [1.54, 1.807) is 66.7 Å². The lowest BCUT2D eigenvalue weighted by Gasteiger charge is -2.12. The highest BCUT2D eigenvalue weighted by molar-refractivity contribution is 6.32. The average molecular weight is 404 g/mol. The van der Waals surface area contributed by atoms with Crippen LogP contribution < -0.4 is 5.56 Å². The predicted octanol–water partition coefficient (Wildman–Crippen LogP) is 5.12. The molecule has 0 aliphatic carbocycles. The van der Waals surface area contributed by atoms with Crippen molar-refractivity contribution in [3.05, 3.63) is 110 Å². The number of halogens is 1. The molecule has 3 aromatic carbocycles. The van der Waals surface area contributed by atoms with Gasteiger partial charge in [0.2, 0.25) is 0 Å². The number of nitro groups is 1. The van der Waals surface area contributed by atoms with Gasteiger partial charge in [-0.05, 0) is 48.0 Å². The minimum atomic E-state index is -0.451. The van der Waals surface area contributed by atoms with Gasteiger partial charge in [0.15, 0.2) is 0 Å². The molecule has 142 valence electrons. The summed E-state index contributed by atoms with van der Waals surface area (Å²) in [4.78, 5) is 28.2. The van der Waals surface area contributed by atoms with Gasteiger partial charge < -0.3 is 0 Å². The van der Waals surface area contributed by atoms with Gasteiger partial charge in [-0.25, -0.2) is 4.98 Å². The zero-order valence-electron chi connectivity index (χ0n) is 15.0. The first-order valence-electron chi connectivity index (χ1n) is 8.74. The largest absolute Gasteiger partial charge is 0.269 e. The molecule has 1 heterocycles. The standard InChI is InChI=1S/C22H14ClN3O3/c23-18-6-2-4-8-20(18)25-21(24-19-7-3-1-5-17(19)22(25)27)14-11-15-9-12-16(13-10-15)26(28)29/h1-14H. The Morgan fingerprint density at radius 1 is 0.931 bits per heavy atom. The number of non-ortho nitro benzene ring substituents is 1. The molecule has 4 rings (SSSR count). The second-order valence-electron chi connectivity index (χ2n) is 6.26. The molecule has 0 fully saturated rings. The van der Waals surface area contributed by atoms with Crippen LogP contribution in [-0.4, -0.2) is 14.5 Å². The molecule has 0 unspecified atom stereocenters. The van der Waals surface area contributed by atoms with Crippen LogP contribution in [0.15, 0.2) is 77.6 Å². The summed E-state index contributed by atoms with van der Waals surface area (Å²) in [6.45, 7) is 0. The maximum atomic E-state index is 13.2. The number of para-hydroxylation sites is 2. The maximum absolute atomic E-state index is 13.2. The maximum Gasteiger partial charge on any atom is 0.269 e. The van der Waals surface area contributed by atoms with Gasteiger partial charge in [-0.1, -0.05) is 41.9 Å². The van der Waals surface area contributed by atoms with Crippen molar-refractivity contribution in [3.8, 4) is 5.69 Å². The number of aromatic nitrogens is 2. The summed E-state index contributed by atoms with van der Waals surface area (Å²) in [6.07, 6.45) is 3.44. The van der Waals surface area contributed by atoms with Crippen molar-refractivity contribution in [2.24, 2.45) is 0 Å². The lowest BCUT2D eigenvalue weighted by molar-refractivity contribution is -0.384. The Balaban J connectivity index is 1.89. The summed E-state index contributed by atoms with van der Waals surface area (Å²) >= 11 is 6.34. The van der Waals surface area contributed by atoms with Gasteiger partial charge in [0, 0.05) is 12.1 Å². The van der Waals surface area contributed by atoms with E-state index in [1.807, 2.05) is 6.07 Å². The molecule has 0 radical (unpaired) electrons. The van der Waals surface area contributed by atoms with Crippen LogP contribution >= 0.6 is 11.6 Å². The Labute approximate surface area is 170 Å². The van der Waals surface area contributed by atoms with E-state index in [0.717, 1.165) is 5.56 Å². The number of hydrogen-bond donors (Lipinski definition) is 0. The molecule has 7 heteroatoms. The van der Waals surface area contributed by atoms with Crippen molar-refractivity contribution in [3.63, 3.8) is 0 Å². The molecule has 6 nitrogen and oxygen atoms in total. The van der Waals surface area contributed by atoms with Crippen molar-refractivity contribution in [1.82, 2.24) is 9.55 Å². The molecule has 0 atom stereocenters. The minimum Gasteiger partial charge on any atom is -0.268 e. The number of benzene rings is 3. The monoisotopic (exact) mass is 403 g/mol. The fraction of sp³-hybridized carbons (Fsp3) is 0. The van der Waals surface area contributed by atoms with E-state index >= 15 is 0 Å². The third-order valence-corrected chi connectivity index (χ3v) is 4.74. The van der Waals surface area contributed by atoms with E-state index in [1.165, 1.54) is 16.7 Å². The SMILES string of the molecule is O=c1c2ccccc2nc(C=Cc2ccc([N+](=O)[O-])cc2)n1-c1ccccc1Cl. The summed E-state index contributed by atoms with van der Waals surface area (Å²) < 4.78 is 1.46. The van der Waals surface area contributed by atoms with Crippen LogP contribution in [0.2, 0.25) is 5.02 Å². The van der Waals surface area contributed by atoms with E-state index < -0.39 is 4.92 Å². The van der Waals surface area contributed by atoms with Crippen molar-refractivity contribution >= 4 is 40.3 Å². The Hall–Kier alpha value is -3.77. The molecule has 0 N–H and O–H groups in total. The summed E-state index contributed by atoms with van der Waals surface area (Å²) in [5.74, 6) is 0.403. The van der Waals surface area contributed by atoms with Crippen LogP contribution in [0.3, 0.4) is 0 Å². The molecule has 4 aromatic rings. The molecule has 1 aromatic heterocycles. The van der Waals surface area contributed by atoms with Crippen LogP contribution in [0, 0.1) is 10.1 Å². The molecule has 0 amide bonds. The quantitative estimate of drug-likeness (QED) is 0.350. The molecule has 0 aliphatic rings. The second-order valence-corrected chi connectivity index (χ2v) is 6.67. The number of hydrogen-bond acceptors (Lipinski definition) is 4. The van der Waals surface area contributed by atoms with Gasteiger partial charge in [-0.15, -0.1) is 0 Å². The fourth-order valence-electron chi connectivity index (χ4n) is 3.01. The Kier molecular flexibility index (Phi) is 4.93. The average Bonchev–Trinajstić information content (AvgIpc) is 2.73. The first-order chi connectivity index (χ1) is 14.0. The molecule has 29 heavy (non-hydrogen) atoms. The van der Waals surface area contributed by atoms with Crippen molar-refractivity contribution < 1.29 is 4.92 Å². The molecule has 0 spiro atoms. The zero-order valence-corrected chi connectivity index (χ0v) is 15.8. The Bertz CT molecular complexity index is 1310. The highest BCUT2D eigenvalue weighted by Crippen LogP contribution is 2.22. The zero-order chi connectivity index (χ0) is 20.4.